The Morgan fingerprint density at radius 3 is 2.67 bits per heavy atom. The molecule has 1 unspecified atom stereocenters. The minimum Gasteiger partial charge on any atom is -0.493 e. The zero-order chi connectivity index (χ0) is 15.6. The summed E-state index contributed by atoms with van der Waals surface area (Å²) in [5, 5.41) is 15.2. The van der Waals surface area contributed by atoms with E-state index < -0.39 is 6.10 Å². The van der Waals surface area contributed by atoms with Crippen LogP contribution >= 0.6 is 27.5 Å². The van der Waals surface area contributed by atoms with Gasteiger partial charge in [0.25, 0.3) is 0 Å². The summed E-state index contributed by atoms with van der Waals surface area (Å²) < 4.78 is 12.9. The van der Waals surface area contributed by atoms with E-state index in [2.05, 4.69) is 21.0 Å². The van der Waals surface area contributed by atoms with Gasteiger partial charge in [0.05, 0.1) is 35.6 Å². The average Bonchev–Trinajstić information content (AvgIpc) is 2.86. The van der Waals surface area contributed by atoms with Crippen LogP contribution in [0.25, 0.3) is 0 Å². The van der Waals surface area contributed by atoms with Crippen molar-refractivity contribution in [3.05, 3.63) is 39.1 Å². The van der Waals surface area contributed by atoms with Gasteiger partial charge in [0.2, 0.25) is 0 Å². The normalized spacial score (nSPS) is 12.3. The van der Waals surface area contributed by atoms with Gasteiger partial charge >= 0.3 is 0 Å². The van der Waals surface area contributed by atoms with Gasteiger partial charge in [-0.1, -0.05) is 17.7 Å². The highest BCUT2D eigenvalue weighted by atomic mass is 79.9. The fourth-order valence-corrected chi connectivity index (χ4v) is 3.01. The molecule has 0 fully saturated rings. The lowest BCUT2D eigenvalue weighted by Gasteiger charge is -2.18. The number of rotatable bonds is 5. The van der Waals surface area contributed by atoms with Gasteiger partial charge in [0, 0.05) is 12.1 Å². The number of benzene rings is 1. The van der Waals surface area contributed by atoms with Crippen LogP contribution in [-0.2, 0) is 6.54 Å². The number of hydrogen-bond acceptors (Lipinski definition) is 4. The second kappa shape index (κ2) is 6.68. The molecule has 0 aliphatic heterocycles. The van der Waals surface area contributed by atoms with E-state index in [1.54, 1.807) is 23.0 Å². The van der Waals surface area contributed by atoms with E-state index >= 15 is 0 Å². The van der Waals surface area contributed by atoms with Crippen molar-refractivity contribution in [2.45, 2.75) is 19.6 Å². The number of aliphatic hydroxyl groups is 1. The molecule has 2 rings (SSSR count). The van der Waals surface area contributed by atoms with Gasteiger partial charge in [0.1, 0.15) is 6.10 Å². The molecule has 0 spiro atoms. The van der Waals surface area contributed by atoms with Crippen LogP contribution in [0.4, 0.5) is 0 Å². The van der Waals surface area contributed by atoms with Gasteiger partial charge in [-0.25, -0.2) is 0 Å². The number of nitrogens with zero attached hydrogens (tertiary/aromatic N) is 2. The third-order valence-electron chi connectivity index (χ3n) is 3.20. The van der Waals surface area contributed by atoms with Crippen LogP contribution in [0, 0.1) is 0 Å². The predicted molar refractivity (Wildman–Crippen MR) is 84.2 cm³/mol. The number of aliphatic hydroxyl groups excluding tert-OH is 1. The van der Waals surface area contributed by atoms with E-state index in [1.807, 2.05) is 6.92 Å². The molecule has 1 aromatic heterocycles. The van der Waals surface area contributed by atoms with Crippen molar-refractivity contribution >= 4 is 27.5 Å². The number of hydrogen-bond donors (Lipinski definition) is 1. The van der Waals surface area contributed by atoms with E-state index in [9.17, 15) is 5.11 Å². The number of aromatic nitrogens is 2. The average molecular weight is 376 g/mol. The second-order valence-electron chi connectivity index (χ2n) is 4.30. The van der Waals surface area contributed by atoms with Gasteiger partial charge in [-0.15, -0.1) is 0 Å². The van der Waals surface area contributed by atoms with Gasteiger partial charge in [-0.05, 0) is 28.9 Å². The molecule has 1 heterocycles. The topological polar surface area (TPSA) is 56.5 Å². The summed E-state index contributed by atoms with van der Waals surface area (Å²) in [7, 11) is 3.04. The van der Waals surface area contributed by atoms with Crippen molar-refractivity contribution in [2.24, 2.45) is 0 Å². The van der Waals surface area contributed by atoms with E-state index in [0.29, 0.717) is 34.3 Å². The first-order valence-electron chi connectivity index (χ1n) is 6.34. The molecular formula is C14H16BrClN2O3. The summed E-state index contributed by atoms with van der Waals surface area (Å²) in [6.07, 6.45) is 0.727. The molecule has 2 aromatic rings. The maximum atomic E-state index is 10.7. The van der Waals surface area contributed by atoms with Gasteiger partial charge < -0.3 is 14.6 Å². The van der Waals surface area contributed by atoms with E-state index in [0.717, 1.165) is 4.47 Å². The Labute approximate surface area is 136 Å². The molecule has 0 aliphatic carbocycles. The number of methoxy groups -OCH3 is 2. The van der Waals surface area contributed by atoms with Crippen molar-refractivity contribution in [3.63, 3.8) is 0 Å². The molecule has 21 heavy (non-hydrogen) atoms. The molecule has 114 valence electrons. The number of aryl methyl sites for hydroxylation is 1. The second-order valence-corrected chi connectivity index (χ2v) is 5.53. The Morgan fingerprint density at radius 1 is 1.38 bits per heavy atom. The summed E-state index contributed by atoms with van der Waals surface area (Å²) in [4.78, 5) is 0. The van der Waals surface area contributed by atoms with Crippen molar-refractivity contribution in [1.82, 2.24) is 9.78 Å². The Bertz CT molecular complexity index is 645. The quantitative estimate of drug-likeness (QED) is 0.870. The lowest BCUT2D eigenvalue weighted by atomic mass is 10.1. The van der Waals surface area contributed by atoms with E-state index in [-0.39, 0.29) is 0 Å². The number of halogens is 2. The third kappa shape index (κ3) is 2.88. The molecule has 0 saturated heterocycles. The van der Waals surface area contributed by atoms with Crippen molar-refractivity contribution in [2.75, 3.05) is 14.2 Å². The zero-order valence-corrected chi connectivity index (χ0v) is 14.3. The number of ether oxygens (including phenoxy) is 2. The fourth-order valence-electron chi connectivity index (χ4n) is 2.16. The van der Waals surface area contributed by atoms with Crippen LogP contribution in [0.5, 0.6) is 11.5 Å². The van der Waals surface area contributed by atoms with Crippen molar-refractivity contribution in [1.29, 1.82) is 0 Å². The molecule has 1 N–H and O–H groups in total. The highest BCUT2D eigenvalue weighted by Crippen LogP contribution is 2.41. The minimum atomic E-state index is -0.922. The smallest absolute Gasteiger partial charge is 0.179 e. The van der Waals surface area contributed by atoms with E-state index in [1.165, 1.54) is 14.2 Å². The molecule has 0 saturated carbocycles. The molecule has 0 amide bonds. The summed E-state index contributed by atoms with van der Waals surface area (Å²) >= 11 is 9.74. The maximum Gasteiger partial charge on any atom is 0.179 e. The Hall–Kier alpha value is -1.24. The highest BCUT2D eigenvalue weighted by molar-refractivity contribution is 9.10. The summed E-state index contributed by atoms with van der Waals surface area (Å²) in [6.45, 7) is 2.59. The fraction of sp³-hybridized carbons (Fsp3) is 0.357. The molecular weight excluding hydrogens is 360 g/mol. The summed E-state index contributed by atoms with van der Waals surface area (Å²) in [5.74, 6) is 0.913. The monoisotopic (exact) mass is 374 g/mol. The van der Waals surface area contributed by atoms with Gasteiger partial charge in [-0.3, -0.25) is 4.68 Å². The minimum absolute atomic E-state index is 0.320. The van der Waals surface area contributed by atoms with Crippen molar-refractivity contribution in [3.8, 4) is 11.5 Å². The Kier molecular flexibility index (Phi) is 5.13. The van der Waals surface area contributed by atoms with Crippen LogP contribution in [0.2, 0.25) is 5.02 Å². The zero-order valence-electron chi connectivity index (χ0n) is 11.9. The first kappa shape index (κ1) is 16.1. The largest absolute Gasteiger partial charge is 0.493 e. The van der Waals surface area contributed by atoms with Crippen LogP contribution < -0.4 is 9.47 Å². The van der Waals surface area contributed by atoms with Crippen LogP contribution in [0.15, 0.2) is 22.8 Å². The van der Waals surface area contributed by atoms with Crippen LogP contribution in [0.3, 0.4) is 0 Å². The molecule has 0 radical (unpaired) electrons. The first-order chi connectivity index (χ1) is 10.0. The maximum absolute atomic E-state index is 10.7. The summed E-state index contributed by atoms with van der Waals surface area (Å²) in [5.41, 5.74) is 1.18. The van der Waals surface area contributed by atoms with Crippen LogP contribution in [-0.4, -0.2) is 29.1 Å². The third-order valence-corrected chi connectivity index (χ3v) is 4.20. The lowest BCUT2D eigenvalue weighted by Crippen LogP contribution is -2.10. The lowest BCUT2D eigenvalue weighted by molar-refractivity contribution is 0.206. The van der Waals surface area contributed by atoms with Gasteiger partial charge in [0.15, 0.2) is 11.5 Å². The Balaban J connectivity index is 2.53. The summed E-state index contributed by atoms with van der Waals surface area (Å²) in [6, 6.07) is 3.43. The SMILES string of the molecule is CCn1ncc(Br)c1C(O)c1ccc(OC)c(OC)c1Cl. The van der Waals surface area contributed by atoms with Crippen molar-refractivity contribution < 1.29 is 14.6 Å². The molecule has 5 nitrogen and oxygen atoms in total. The van der Waals surface area contributed by atoms with Crippen LogP contribution in [0.1, 0.15) is 24.3 Å². The standard InChI is InChI=1S/C14H16BrClN2O3/c1-4-18-12(9(15)7-17-18)13(19)8-5-6-10(20-2)14(21-3)11(8)16/h5-7,13,19H,4H2,1-3H3. The first-order valence-corrected chi connectivity index (χ1v) is 7.51. The van der Waals surface area contributed by atoms with E-state index in [4.69, 9.17) is 21.1 Å². The highest BCUT2D eigenvalue weighted by Gasteiger charge is 2.24. The Morgan fingerprint density at radius 2 is 2.10 bits per heavy atom. The molecule has 1 atom stereocenters. The van der Waals surface area contributed by atoms with Gasteiger partial charge in [-0.2, -0.15) is 5.10 Å². The predicted octanol–water partition coefficient (Wildman–Crippen LogP) is 3.42. The molecule has 7 heteroatoms. The molecule has 0 aliphatic rings. The molecule has 1 aromatic carbocycles. The molecule has 0 bridgehead atoms.